The first-order valence-corrected chi connectivity index (χ1v) is 9.77. The van der Waals surface area contributed by atoms with Crippen molar-refractivity contribution >= 4 is 52.1 Å². The van der Waals surface area contributed by atoms with E-state index >= 15 is 0 Å². The van der Waals surface area contributed by atoms with Gasteiger partial charge in [-0.15, -0.1) is 22.7 Å². The molecule has 0 fully saturated rings. The fourth-order valence-electron chi connectivity index (χ4n) is 1.89. The van der Waals surface area contributed by atoms with Gasteiger partial charge in [0.15, 0.2) is 4.34 Å². The molecule has 0 aliphatic heterocycles. The summed E-state index contributed by atoms with van der Waals surface area (Å²) in [5.74, 6) is -0.170. The van der Waals surface area contributed by atoms with E-state index in [2.05, 4.69) is 15.3 Å². The van der Waals surface area contributed by atoms with E-state index in [1.165, 1.54) is 6.08 Å². The van der Waals surface area contributed by atoms with Crippen LogP contribution >= 0.6 is 34.4 Å². The van der Waals surface area contributed by atoms with E-state index in [-0.39, 0.29) is 5.91 Å². The van der Waals surface area contributed by atoms with Crippen molar-refractivity contribution in [3.63, 3.8) is 0 Å². The molecule has 1 aromatic carbocycles. The van der Waals surface area contributed by atoms with E-state index in [1.54, 1.807) is 40.5 Å². The molecule has 2 heterocycles. The number of thiazole rings is 2. The monoisotopic (exact) mass is 373 g/mol. The third-order valence-electron chi connectivity index (χ3n) is 2.97. The number of nitrogens with one attached hydrogen (secondary N) is 1. The Balaban J connectivity index is 1.57. The van der Waals surface area contributed by atoms with Crippen molar-refractivity contribution in [2.75, 3.05) is 5.32 Å². The van der Waals surface area contributed by atoms with Gasteiger partial charge in [-0.25, -0.2) is 9.97 Å². The van der Waals surface area contributed by atoms with Crippen LogP contribution in [-0.4, -0.2) is 15.9 Å². The van der Waals surface area contributed by atoms with Crippen LogP contribution in [0.15, 0.2) is 50.3 Å². The van der Waals surface area contributed by atoms with Crippen LogP contribution in [0.25, 0.3) is 6.08 Å². The summed E-state index contributed by atoms with van der Waals surface area (Å²) in [6.07, 6.45) is 3.21. The summed E-state index contributed by atoms with van der Waals surface area (Å²) >= 11 is 4.82. The number of carbonyl (C=O) groups excluding carboxylic acids is 1. The summed E-state index contributed by atoms with van der Waals surface area (Å²) in [6, 6.07) is 7.73. The van der Waals surface area contributed by atoms with Gasteiger partial charge in [-0.3, -0.25) is 4.79 Å². The highest BCUT2D eigenvalue weighted by atomic mass is 32.2. The normalized spacial score (nSPS) is 11.1. The van der Waals surface area contributed by atoms with Gasteiger partial charge in [0.1, 0.15) is 0 Å². The van der Waals surface area contributed by atoms with Gasteiger partial charge in [0.05, 0.1) is 10.7 Å². The van der Waals surface area contributed by atoms with Crippen LogP contribution in [0.5, 0.6) is 0 Å². The average molecular weight is 374 g/mol. The summed E-state index contributed by atoms with van der Waals surface area (Å²) < 4.78 is 1.02. The lowest BCUT2D eigenvalue weighted by molar-refractivity contribution is -0.111. The van der Waals surface area contributed by atoms with Crippen molar-refractivity contribution in [1.82, 2.24) is 9.97 Å². The summed E-state index contributed by atoms with van der Waals surface area (Å²) in [5.41, 5.74) is 2.60. The summed E-state index contributed by atoms with van der Waals surface area (Å²) in [7, 11) is 0. The van der Waals surface area contributed by atoms with Crippen molar-refractivity contribution in [2.45, 2.75) is 23.1 Å². The minimum absolute atomic E-state index is 0.170. The van der Waals surface area contributed by atoms with Gasteiger partial charge in [0.25, 0.3) is 0 Å². The molecule has 1 amide bonds. The van der Waals surface area contributed by atoms with E-state index in [1.807, 2.05) is 48.9 Å². The van der Waals surface area contributed by atoms with Crippen LogP contribution in [0, 0.1) is 13.8 Å². The van der Waals surface area contributed by atoms with Gasteiger partial charge in [-0.05, 0) is 44.2 Å². The second kappa shape index (κ2) is 7.74. The molecule has 0 saturated carbocycles. The zero-order valence-electron chi connectivity index (χ0n) is 13.1. The molecule has 4 nitrogen and oxygen atoms in total. The lowest BCUT2D eigenvalue weighted by Gasteiger charge is -2.03. The molecular weight excluding hydrogens is 358 g/mol. The quantitative estimate of drug-likeness (QED) is 0.638. The average Bonchev–Trinajstić information content (AvgIpc) is 3.16. The lowest BCUT2D eigenvalue weighted by atomic mass is 10.3. The number of aromatic nitrogens is 2. The van der Waals surface area contributed by atoms with Crippen molar-refractivity contribution in [1.29, 1.82) is 0 Å². The van der Waals surface area contributed by atoms with E-state index in [0.717, 1.165) is 31.3 Å². The van der Waals surface area contributed by atoms with E-state index in [4.69, 9.17) is 0 Å². The van der Waals surface area contributed by atoms with Crippen LogP contribution in [0.2, 0.25) is 0 Å². The maximum absolute atomic E-state index is 11.9. The SMILES string of the molecule is Cc1csc(Sc2ccc(NC(=O)/C=C/c3csc(C)n3)cc2)n1. The van der Waals surface area contributed by atoms with Gasteiger partial charge < -0.3 is 5.32 Å². The molecule has 0 unspecified atom stereocenters. The third-order valence-corrected chi connectivity index (χ3v) is 5.82. The van der Waals surface area contributed by atoms with Crippen LogP contribution in [0.3, 0.4) is 0 Å². The summed E-state index contributed by atoms with van der Waals surface area (Å²) in [5, 5.41) is 7.78. The minimum Gasteiger partial charge on any atom is -0.323 e. The first-order valence-electron chi connectivity index (χ1n) is 7.20. The molecule has 2 aromatic heterocycles. The number of aryl methyl sites for hydroxylation is 2. The Morgan fingerprint density at radius 2 is 1.92 bits per heavy atom. The maximum atomic E-state index is 11.9. The number of rotatable bonds is 5. The molecule has 0 saturated heterocycles. The molecule has 0 aliphatic carbocycles. The molecule has 0 radical (unpaired) electrons. The van der Waals surface area contributed by atoms with Gasteiger partial charge in [0, 0.05) is 33.1 Å². The largest absolute Gasteiger partial charge is 0.323 e. The molecule has 1 N–H and O–H groups in total. The van der Waals surface area contributed by atoms with Gasteiger partial charge in [-0.1, -0.05) is 11.8 Å². The second-order valence-corrected chi connectivity index (χ2v) is 8.24. The van der Waals surface area contributed by atoms with E-state index < -0.39 is 0 Å². The summed E-state index contributed by atoms with van der Waals surface area (Å²) in [6.45, 7) is 3.92. The number of hydrogen-bond donors (Lipinski definition) is 1. The predicted octanol–water partition coefficient (Wildman–Crippen LogP) is 5.02. The lowest BCUT2D eigenvalue weighted by Crippen LogP contribution is -2.07. The van der Waals surface area contributed by atoms with Gasteiger partial charge in [-0.2, -0.15) is 0 Å². The predicted molar refractivity (Wildman–Crippen MR) is 102 cm³/mol. The van der Waals surface area contributed by atoms with Crippen LogP contribution in [-0.2, 0) is 4.79 Å². The molecule has 122 valence electrons. The van der Waals surface area contributed by atoms with E-state index in [9.17, 15) is 4.79 Å². The number of carbonyl (C=O) groups is 1. The van der Waals surface area contributed by atoms with Crippen LogP contribution in [0.4, 0.5) is 5.69 Å². The summed E-state index contributed by atoms with van der Waals surface area (Å²) in [4.78, 5) is 21.7. The Bertz CT molecular complexity index is 865. The Hall–Kier alpha value is -1.96. The molecule has 3 aromatic rings. The van der Waals surface area contributed by atoms with Crippen LogP contribution in [0.1, 0.15) is 16.4 Å². The molecule has 0 spiro atoms. The number of anilines is 1. The molecule has 3 rings (SSSR count). The van der Waals surface area contributed by atoms with Crippen LogP contribution < -0.4 is 5.32 Å². The van der Waals surface area contributed by atoms with E-state index in [0.29, 0.717) is 0 Å². The number of nitrogens with zero attached hydrogens (tertiary/aromatic N) is 2. The highest BCUT2D eigenvalue weighted by Crippen LogP contribution is 2.30. The number of hydrogen-bond acceptors (Lipinski definition) is 6. The zero-order valence-corrected chi connectivity index (χ0v) is 15.6. The Labute approximate surface area is 152 Å². The van der Waals surface area contributed by atoms with Gasteiger partial charge in [0.2, 0.25) is 5.91 Å². The van der Waals surface area contributed by atoms with Crippen molar-refractivity contribution in [2.24, 2.45) is 0 Å². The fraction of sp³-hybridized carbons (Fsp3) is 0.118. The molecule has 0 aliphatic rings. The first-order chi connectivity index (χ1) is 11.6. The number of benzene rings is 1. The van der Waals surface area contributed by atoms with Crippen molar-refractivity contribution in [3.8, 4) is 0 Å². The molecule has 0 bridgehead atoms. The molecular formula is C17H15N3OS3. The maximum Gasteiger partial charge on any atom is 0.248 e. The van der Waals surface area contributed by atoms with Gasteiger partial charge >= 0.3 is 0 Å². The second-order valence-electron chi connectivity index (χ2n) is 5.00. The molecule has 0 atom stereocenters. The smallest absolute Gasteiger partial charge is 0.248 e. The highest BCUT2D eigenvalue weighted by molar-refractivity contribution is 8.01. The highest BCUT2D eigenvalue weighted by Gasteiger charge is 2.03. The molecule has 24 heavy (non-hydrogen) atoms. The Kier molecular flexibility index (Phi) is 5.44. The zero-order chi connectivity index (χ0) is 16.9. The van der Waals surface area contributed by atoms with Crippen molar-refractivity contribution in [3.05, 3.63) is 57.5 Å². The Morgan fingerprint density at radius 1 is 1.12 bits per heavy atom. The Morgan fingerprint density at radius 3 is 2.54 bits per heavy atom. The minimum atomic E-state index is -0.170. The third kappa shape index (κ3) is 4.77. The van der Waals surface area contributed by atoms with Crippen molar-refractivity contribution < 1.29 is 4.79 Å². The number of amides is 1. The fourth-order valence-corrected chi connectivity index (χ4v) is 4.28. The molecule has 7 heteroatoms. The topological polar surface area (TPSA) is 54.9 Å². The standard InChI is InChI=1S/C17H15N3OS3/c1-11-9-23-17(18-11)24-15-6-3-13(4-7-15)20-16(21)8-5-14-10-22-12(2)19-14/h3-10H,1-2H3,(H,20,21)/b8-5+. The first kappa shape index (κ1) is 16.9.